The molecule has 3 rings (SSSR count). The van der Waals surface area contributed by atoms with Crippen molar-refractivity contribution in [3.8, 4) is 11.4 Å². The first-order valence-corrected chi connectivity index (χ1v) is 6.20. The first kappa shape index (κ1) is 12.7. The van der Waals surface area contributed by atoms with Crippen molar-refractivity contribution in [3.63, 3.8) is 0 Å². The third-order valence-corrected chi connectivity index (χ3v) is 2.69. The molecule has 2 aromatic rings. The van der Waals surface area contributed by atoms with Gasteiger partial charge in [0.2, 0.25) is 0 Å². The average Bonchev–Trinajstić information content (AvgIpc) is 2.93. The number of rotatable bonds is 1. The molecule has 0 saturated carbocycles. The predicted molar refractivity (Wildman–Crippen MR) is 69.3 cm³/mol. The molecular formula is C15H13CoN2. The van der Waals surface area contributed by atoms with Gasteiger partial charge in [-0.25, -0.2) is 0 Å². The molecule has 2 heterocycles. The zero-order chi connectivity index (χ0) is 12.6. The molecule has 1 aliphatic carbocycles. The van der Waals surface area contributed by atoms with Crippen LogP contribution >= 0.6 is 0 Å². The molecule has 18 heavy (non-hydrogen) atoms. The fourth-order valence-corrected chi connectivity index (χ4v) is 1.66. The van der Waals surface area contributed by atoms with Crippen LogP contribution in [0.15, 0.2) is 71.5 Å². The Balaban J connectivity index is 0.000000169. The summed E-state index contributed by atoms with van der Waals surface area (Å²) in [4.78, 5) is 8.37. The summed E-state index contributed by atoms with van der Waals surface area (Å²) in [5.41, 5.74) is 1.83. The fourth-order valence-electron chi connectivity index (χ4n) is 1.44. The molecule has 0 bridgehead atoms. The van der Waals surface area contributed by atoms with Gasteiger partial charge in [-0.05, 0) is 24.3 Å². The maximum absolute atomic E-state index is 4.19. The van der Waals surface area contributed by atoms with Crippen molar-refractivity contribution in [3.05, 3.63) is 71.5 Å². The van der Waals surface area contributed by atoms with E-state index < -0.39 is 0 Å². The van der Waals surface area contributed by atoms with E-state index in [0.717, 1.165) is 22.3 Å². The van der Waals surface area contributed by atoms with Crippen molar-refractivity contribution in [2.24, 2.45) is 0 Å². The second kappa shape index (κ2) is 6.89. The molecule has 0 aromatic carbocycles. The molecule has 0 unspecified atom stereocenters. The Morgan fingerprint density at radius 1 is 0.889 bits per heavy atom. The van der Waals surface area contributed by atoms with Gasteiger partial charge in [-0.3, -0.25) is 9.97 Å². The van der Waals surface area contributed by atoms with Crippen LogP contribution < -0.4 is 0 Å². The van der Waals surface area contributed by atoms with E-state index in [-0.39, 0.29) is 0 Å². The summed E-state index contributed by atoms with van der Waals surface area (Å²) in [6.07, 6.45) is 10.7. The number of hydrogen-bond donors (Lipinski definition) is 0. The van der Waals surface area contributed by atoms with E-state index in [0.29, 0.717) is 0 Å². The summed E-state index contributed by atoms with van der Waals surface area (Å²) in [6.45, 7) is 0. The quantitative estimate of drug-likeness (QED) is 0.798. The van der Waals surface area contributed by atoms with E-state index in [4.69, 9.17) is 0 Å². The summed E-state index contributed by atoms with van der Waals surface area (Å²) < 4.78 is 1.16. The summed E-state index contributed by atoms with van der Waals surface area (Å²) in [5, 5.41) is 0. The minimum absolute atomic E-state index is 0.915. The minimum atomic E-state index is 0.915. The number of aromatic nitrogens is 2. The molecule has 1 aliphatic rings. The first-order valence-electron chi connectivity index (χ1n) is 5.67. The van der Waals surface area contributed by atoms with Crippen LogP contribution in [0.1, 0.15) is 6.42 Å². The van der Waals surface area contributed by atoms with E-state index in [9.17, 15) is 0 Å². The minimum Gasteiger partial charge on any atom is -0.255 e. The molecule has 0 radical (unpaired) electrons. The molecule has 0 N–H and O–H groups in total. The Labute approximate surface area is 115 Å². The largest absolute Gasteiger partial charge is 0.255 e. The molecule has 92 valence electrons. The predicted octanol–water partition coefficient (Wildman–Crippen LogP) is 3.52. The molecule has 3 heteroatoms. The summed E-state index contributed by atoms with van der Waals surface area (Å²) in [7, 11) is 0. The molecular weight excluding hydrogens is 267 g/mol. The zero-order valence-electron chi connectivity index (χ0n) is 9.79. The van der Waals surface area contributed by atoms with Crippen LogP contribution in [0.4, 0.5) is 0 Å². The molecule has 0 aliphatic heterocycles. The van der Waals surface area contributed by atoms with Crippen LogP contribution in [-0.2, 0) is 15.7 Å². The van der Waals surface area contributed by atoms with E-state index in [1.54, 1.807) is 12.4 Å². The van der Waals surface area contributed by atoms with Crippen LogP contribution in [-0.4, -0.2) is 9.97 Å². The van der Waals surface area contributed by atoms with Crippen LogP contribution in [0.2, 0.25) is 0 Å². The Hall–Kier alpha value is -1.71. The van der Waals surface area contributed by atoms with Crippen LogP contribution in [0.25, 0.3) is 11.4 Å². The molecule has 0 fully saturated rings. The second-order valence-corrected chi connectivity index (χ2v) is 4.32. The molecule has 0 spiro atoms. The van der Waals surface area contributed by atoms with Crippen LogP contribution in [0, 0.1) is 0 Å². The van der Waals surface area contributed by atoms with Crippen molar-refractivity contribution < 1.29 is 15.7 Å². The number of pyridine rings is 2. The van der Waals surface area contributed by atoms with E-state index in [1.165, 1.54) is 0 Å². The van der Waals surface area contributed by atoms with Crippen LogP contribution in [0.5, 0.6) is 0 Å². The van der Waals surface area contributed by atoms with Gasteiger partial charge in [0.05, 0.1) is 11.4 Å². The van der Waals surface area contributed by atoms with Gasteiger partial charge in [0.15, 0.2) is 0 Å². The average molecular weight is 280 g/mol. The standard InChI is InChI=1S/C10H8N2.C5H5.Co/c1-3-7-11-9(5-1)10-6-2-4-8-12-10;1-2-4-5-3-1;/h1-8H;1-3H,4H2;. The fraction of sp³-hybridized carbons (Fsp3) is 0.0667. The second-order valence-electron chi connectivity index (χ2n) is 3.65. The molecule has 0 amide bonds. The smallest absolute Gasteiger partial charge is 0.0886 e. The Bertz CT molecular complexity index is 495. The van der Waals surface area contributed by atoms with Crippen molar-refractivity contribution in [1.29, 1.82) is 0 Å². The number of hydrogen-bond acceptors (Lipinski definition) is 2. The van der Waals surface area contributed by atoms with Gasteiger partial charge < -0.3 is 0 Å². The van der Waals surface area contributed by atoms with Gasteiger partial charge in [-0.1, -0.05) is 12.1 Å². The maximum Gasteiger partial charge on any atom is 0.0886 e. The molecule has 2 aromatic heterocycles. The Morgan fingerprint density at radius 2 is 1.50 bits per heavy atom. The monoisotopic (exact) mass is 280 g/mol. The van der Waals surface area contributed by atoms with Crippen molar-refractivity contribution >= 4 is 0 Å². The van der Waals surface area contributed by atoms with Gasteiger partial charge in [-0.15, -0.1) is 0 Å². The van der Waals surface area contributed by atoms with Gasteiger partial charge in [-0.2, -0.15) is 0 Å². The number of nitrogens with zero attached hydrogens (tertiary/aromatic N) is 2. The van der Waals surface area contributed by atoms with E-state index >= 15 is 0 Å². The van der Waals surface area contributed by atoms with Gasteiger partial charge in [0.1, 0.15) is 0 Å². The molecule has 0 saturated heterocycles. The Morgan fingerprint density at radius 3 is 1.78 bits per heavy atom. The maximum atomic E-state index is 4.19. The first-order chi connectivity index (χ1) is 8.86. The molecule has 0 atom stereocenters. The summed E-state index contributed by atoms with van der Waals surface area (Å²) >= 11 is 4.14. The van der Waals surface area contributed by atoms with Gasteiger partial charge in [0.25, 0.3) is 0 Å². The van der Waals surface area contributed by atoms with Crippen molar-refractivity contribution in [2.75, 3.05) is 0 Å². The van der Waals surface area contributed by atoms with E-state index in [2.05, 4.69) is 31.8 Å². The van der Waals surface area contributed by atoms with Crippen molar-refractivity contribution in [1.82, 2.24) is 9.97 Å². The van der Waals surface area contributed by atoms with Gasteiger partial charge >= 0.3 is 44.9 Å². The normalized spacial score (nSPS) is 12.7. The SMILES string of the molecule is [Co][C]1=CC=CC1.c1ccc(-c2ccccn2)nc1. The zero-order valence-corrected chi connectivity index (χ0v) is 10.8. The third-order valence-electron chi connectivity index (χ3n) is 2.30. The number of allylic oxidation sites excluding steroid dienone is 4. The molecule has 2 nitrogen and oxygen atoms in total. The van der Waals surface area contributed by atoms with Crippen molar-refractivity contribution in [2.45, 2.75) is 6.42 Å². The van der Waals surface area contributed by atoms with E-state index in [1.807, 2.05) is 48.6 Å². The van der Waals surface area contributed by atoms with Gasteiger partial charge in [0, 0.05) is 12.4 Å². The topological polar surface area (TPSA) is 25.8 Å². The Kier molecular flexibility index (Phi) is 4.87. The van der Waals surface area contributed by atoms with Crippen LogP contribution in [0.3, 0.4) is 0 Å². The summed E-state index contributed by atoms with van der Waals surface area (Å²) in [6, 6.07) is 11.6. The summed E-state index contributed by atoms with van der Waals surface area (Å²) in [5.74, 6) is 0. The third kappa shape index (κ3) is 3.94.